The number of halogens is 3. The quantitative estimate of drug-likeness (QED) is 0.806. The van der Waals surface area contributed by atoms with E-state index in [0.717, 1.165) is 5.69 Å². The predicted octanol–water partition coefficient (Wildman–Crippen LogP) is 2.71. The summed E-state index contributed by atoms with van der Waals surface area (Å²) in [6.07, 6.45) is -2.97. The fourth-order valence-corrected chi connectivity index (χ4v) is 1.97. The molecule has 9 heteroatoms. The highest BCUT2D eigenvalue weighted by molar-refractivity contribution is 5.45. The van der Waals surface area contributed by atoms with E-state index in [9.17, 15) is 13.2 Å². The lowest BCUT2D eigenvalue weighted by molar-refractivity contribution is -0.146. The molecular formula is C13H11F3N6. The van der Waals surface area contributed by atoms with Crippen LogP contribution in [0.2, 0.25) is 0 Å². The van der Waals surface area contributed by atoms with Crippen LogP contribution in [0.4, 0.5) is 19.0 Å². The van der Waals surface area contributed by atoms with Crippen molar-refractivity contribution in [3.63, 3.8) is 0 Å². The summed E-state index contributed by atoms with van der Waals surface area (Å²) in [5, 5.41) is 13.5. The van der Waals surface area contributed by atoms with Crippen LogP contribution >= 0.6 is 0 Å². The van der Waals surface area contributed by atoms with Crippen LogP contribution in [0.1, 0.15) is 24.5 Å². The summed E-state index contributed by atoms with van der Waals surface area (Å²) in [6.45, 7) is 1.84. The van der Waals surface area contributed by atoms with Gasteiger partial charge in [0.1, 0.15) is 5.82 Å². The molecule has 0 aliphatic rings. The van der Waals surface area contributed by atoms with Crippen LogP contribution in [0, 0.1) is 0 Å². The molecule has 0 unspecified atom stereocenters. The van der Waals surface area contributed by atoms with Crippen LogP contribution in [0.25, 0.3) is 5.65 Å². The zero-order valence-electron chi connectivity index (χ0n) is 11.4. The standard InChI is InChI=1S/C13H11F3N6/c1-8(9-4-2-3-7-17-9)18-10-5-6-11-19-20-12(13(14,15)16)22(11)21-10/h2-8H,1H3,(H,18,21)/t8-/m0/s1. The van der Waals surface area contributed by atoms with Crippen molar-refractivity contribution in [1.82, 2.24) is 24.8 Å². The number of hydrogen-bond donors (Lipinski definition) is 1. The second-order valence-corrected chi connectivity index (χ2v) is 4.63. The Morgan fingerprint density at radius 3 is 2.64 bits per heavy atom. The normalized spacial score (nSPS) is 13.3. The van der Waals surface area contributed by atoms with Crippen LogP contribution < -0.4 is 5.32 Å². The zero-order chi connectivity index (χ0) is 15.7. The largest absolute Gasteiger partial charge is 0.453 e. The van der Waals surface area contributed by atoms with Crippen molar-refractivity contribution in [2.75, 3.05) is 5.32 Å². The monoisotopic (exact) mass is 308 g/mol. The fraction of sp³-hybridized carbons (Fsp3) is 0.231. The Morgan fingerprint density at radius 1 is 1.14 bits per heavy atom. The number of anilines is 1. The molecule has 1 N–H and O–H groups in total. The first-order chi connectivity index (χ1) is 10.4. The van der Waals surface area contributed by atoms with Crippen molar-refractivity contribution in [1.29, 1.82) is 0 Å². The Bertz CT molecular complexity index is 783. The summed E-state index contributed by atoms with van der Waals surface area (Å²) in [7, 11) is 0. The summed E-state index contributed by atoms with van der Waals surface area (Å²) in [5.74, 6) is -0.882. The lowest BCUT2D eigenvalue weighted by Gasteiger charge is -2.14. The van der Waals surface area contributed by atoms with E-state index in [0.29, 0.717) is 4.52 Å². The molecule has 0 aliphatic carbocycles. The highest BCUT2D eigenvalue weighted by Gasteiger charge is 2.37. The highest BCUT2D eigenvalue weighted by atomic mass is 19.4. The number of hydrogen-bond acceptors (Lipinski definition) is 5. The van der Waals surface area contributed by atoms with Gasteiger partial charge in [-0.1, -0.05) is 6.07 Å². The fourth-order valence-electron chi connectivity index (χ4n) is 1.97. The van der Waals surface area contributed by atoms with Crippen LogP contribution in [-0.2, 0) is 6.18 Å². The molecule has 3 aromatic rings. The highest BCUT2D eigenvalue weighted by Crippen LogP contribution is 2.27. The maximum Gasteiger partial charge on any atom is 0.453 e. The Kier molecular flexibility index (Phi) is 3.39. The maximum absolute atomic E-state index is 12.8. The van der Waals surface area contributed by atoms with Gasteiger partial charge in [0.05, 0.1) is 11.7 Å². The lowest BCUT2D eigenvalue weighted by Crippen LogP contribution is -2.15. The summed E-state index contributed by atoms with van der Waals surface area (Å²) in [6, 6.07) is 8.19. The van der Waals surface area contributed by atoms with E-state index in [2.05, 4.69) is 25.6 Å². The van der Waals surface area contributed by atoms with Crippen LogP contribution in [-0.4, -0.2) is 24.8 Å². The molecular weight excluding hydrogens is 297 g/mol. The second kappa shape index (κ2) is 5.24. The van der Waals surface area contributed by atoms with Crippen molar-refractivity contribution >= 4 is 11.5 Å². The van der Waals surface area contributed by atoms with E-state index < -0.39 is 12.0 Å². The van der Waals surface area contributed by atoms with Crippen LogP contribution in [0.5, 0.6) is 0 Å². The summed E-state index contributed by atoms with van der Waals surface area (Å²) >= 11 is 0. The molecule has 0 aromatic carbocycles. The van der Waals surface area contributed by atoms with Crippen LogP contribution in [0.3, 0.4) is 0 Å². The molecule has 0 fully saturated rings. The van der Waals surface area contributed by atoms with Gasteiger partial charge in [0.25, 0.3) is 5.82 Å². The minimum atomic E-state index is -4.61. The average molecular weight is 308 g/mol. The smallest absolute Gasteiger partial charge is 0.361 e. The summed E-state index contributed by atoms with van der Waals surface area (Å²) in [4.78, 5) is 4.18. The van der Waals surface area contributed by atoms with Crippen molar-refractivity contribution < 1.29 is 13.2 Å². The molecule has 114 valence electrons. The van der Waals surface area contributed by atoms with E-state index in [-0.39, 0.29) is 17.5 Å². The average Bonchev–Trinajstić information content (AvgIpc) is 2.91. The molecule has 0 aliphatic heterocycles. The van der Waals surface area contributed by atoms with Gasteiger partial charge in [-0.05, 0) is 31.2 Å². The van der Waals surface area contributed by atoms with E-state index in [1.54, 1.807) is 18.3 Å². The summed E-state index contributed by atoms with van der Waals surface area (Å²) < 4.78 is 39.1. The van der Waals surface area contributed by atoms with Gasteiger partial charge in [-0.3, -0.25) is 4.98 Å². The lowest BCUT2D eigenvalue weighted by atomic mass is 10.2. The molecule has 3 rings (SSSR count). The predicted molar refractivity (Wildman–Crippen MR) is 72.1 cm³/mol. The Balaban J connectivity index is 1.92. The van der Waals surface area contributed by atoms with Gasteiger partial charge in [0, 0.05) is 6.20 Å². The van der Waals surface area contributed by atoms with Gasteiger partial charge in [-0.2, -0.15) is 17.7 Å². The van der Waals surface area contributed by atoms with Crippen molar-refractivity contribution in [3.8, 4) is 0 Å². The molecule has 1 atom stereocenters. The molecule has 0 saturated carbocycles. The van der Waals surface area contributed by atoms with Gasteiger partial charge in [0.2, 0.25) is 0 Å². The van der Waals surface area contributed by atoms with Crippen molar-refractivity contribution in [3.05, 3.63) is 48.0 Å². The number of nitrogens with one attached hydrogen (secondary N) is 1. The minimum absolute atomic E-state index is 0.0309. The number of rotatable bonds is 3. The van der Waals surface area contributed by atoms with Gasteiger partial charge in [-0.15, -0.1) is 15.3 Å². The Hall–Kier alpha value is -2.71. The third-order valence-electron chi connectivity index (χ3n) is 3.01. The molecule has 3 heterocycles. The van der Waals surface area contributed by atoms with Crippen molar-refractivity contribution in [2.24, 2.45) is 0 Å². The Morgan fingerprint density at radius 2 is 1.95 bits per heavy atom. The molecule has 0 bridgehead atoms. The molecule has 22 heavy (non-hydrogen) atoms. The maximum atomic E-state index is 12.8. The van der Waals surface area contributed by atoms with Gasteiger partial charge >= 0.3 is 6.18 Å². The zero-order valence-corrected chi connectivity index (χ0v) is 11.4. The minimum Gasteiger partial charge on any atom is -0.361 e. The van der Waals surface area contributed by atoms with Gasteiger partial charge in [-0.25, -0.2) is 0 Å². The van der Waals surface area contributed by atoms with Gasteiger partial charge < -0.3 is 5.32 Å². The summed E-state index contributed by atoms with van der Waals surface area (Å²) in [5.41, 5.74) is 0.785. The first-order valence-corrected chi connectivity index (χ1v) is 6.42. The van der Waals surface area contributed by atoms with E-state index in [4.69, 9.17) is 0 Å². The molecule has 0 spiro atoms. The molecule has 0 radical (unpaired) electrons. The van der Waals surface area contributed by atoms with Gasteiger partial charge in [0.15, 0.2) is 5.65 Å². The van der Waals surface area contributed by atoms with Crippen molar-refractivity contribution in [2.45, 2.75) is 19.1 Å². The SMILES string of the molecule is C[C@H](Nc1ccc2nnc(C(F)(F)F)n2n1)c1ccccn1. The van der Waals surface area contributed by atoms with E-state index in [1.807, 2.05) is 19.1 Å². The molecule has 0 amide bonds. The molecule has 6 nitrogen and oxygen atoms in total. The Labute approximate surface area is 123 Å². The van der Waals surface area contributed by atoms with E-state index >= 15 is 0 Å². The number of alkyl halides is 3. The number of pyridine rings is 1. The number of aromatic nitrogens is 5. The third kappa shape index (κ3) is 2.69. The third-order valence-corrected chi connectivity index (χ3v) is 3.01. The topological polar surface area (TPSA) is 68.0 Å². The van der Waals surface area contributed by atoms with E-state index in [1.165, 1.54) is 6.07 Å². The first-order valence-electron chi connectivity index (χ1n) is 6.42. The van der Waals surface area contributed by atoms with Crippen LogP contribution in [0.15, 0.2) is 36.5 Å². The second-order valence-electron chi connectivity index (χ2n) is 4.63. The number of nitrogens with zero attached hydrogens (tertiary/aromatic N) is 5. The molecule has 3 aromatic heterocycles. The molecule has 0 saturated heterocycles. The first kappa shape index (κ1) is 14.2. The number of fused-ring (bicyclic) bond motifs is 1.